The van der Waals surface area contributed by atoms with E-state index in [9.17, 15) is 0 Å². The Balaban J connectivity index is 1.83. The highest BCUT2D eigenvalue weighted by Gasteiger charge is 2.11. The van der Waals surface area contributed by atoms with E-state index in [1.165, 1.54) is 0 Å². The Morgan fingerprint density at radius 2 is 2.29 bits per heavy atom. The van der Waals surface area contributed by atoms with Gasteiger partial charge in [0.2, 0.25) is 5.95 Å². The first-order valence-corrected chi connectivity index (χ1v) is 7.85. The average molecular weight is 302 g/mol. The van der Waals surface area contributed by atoms with Gasteiger partial charge in [-0.3, -0.25) is 0 Å². The molecule has 1 unspecified atom stereocenters. The molecule has 0 aromatic carbocycles. The molecule has 0 spiro atoms. The minimum absolute atomic E-state index is 0.242. The molecule has 0 aliphatic heterocycles. The van der Waals surface area contributed by atoms with E-state index >= 15 is 0 Å². The van der Waals surface area contributed by atoms with Gasteiger partial charge in [0.15, 0.2) is 0 Å². The summed E-state index contributed by atoms with van der Waals surface area (Å²) in [7, 11) is 0. The monoisotopic (exact) mass is 302 g/mol. The van der Waals surface area contributed by atoms with Gasteiger partial charge < -0.3 is 15.2 Å². The maximum absolute atomic E-state index is 4.58. The number of imidazole rings is 1. The summed E-state index contributed by atoms with van der Waals surface area (Å²) in [5, 5.41) is 9.76. The van der Waals surface area contributed by atoms with E-state index < -0.39 is 0 Å². The Morgan fingerprint density at radius 3 is 3.05 bits per heavy atom. The molecule has 21 heavy (non-hydrogen) atoms. The molecule has 110 valence electrons. The van der Waals surface area contributed by atoms with Crippen molar-refractivity contribution >= 4 is 33.3 Å². The van der Waals surface area contributed by atoms with E-state index in [2.05, 4.69) is 43.1 Å². The first kappa shape index (κ1) is 13.8. The predicted molar refractivity (Wildman–Crippen MR) is 86.9 cm³/mol. The first-order chi connectivity index (χ1) is 10.3. The smallest absolute Gasteiger partial charge is 0.226 e. The molecule has 0 amide bonds. The number of hydrogen-bond acceptors (Lipinski definition) is 6. The Bertz CT molecular complexity index is 705. The topological polar surface area (TPSA) is 67.7 Å². The molecule has 3 aromatic heterocycles. The van der Waals surface area contributed by atoms with Crippen molar-refractivity contribution in [1.29, 1.82) is 0 Å². The maximum Gasteiger partial charge on any atom is 0.226 e. The van der Waals surface area contributed by atoms with Gasteiger partial charge in [-0.2, -0.15) is 4.98 Å². The van der Waals surface area contributed by atoms with Crippen molar-refractivity contribution in [3.05, 3.63) is 30.2 Å². The lowest BCUT2D eigenvalue weighted by molar-refractivity contribution is 0.617. The molecule has 0 saturated carbocycles. The Morgan fingerprint density at radius 1 is 1.38 bits per heavy atom. The van der Waals surface area contributed by atoms with Crippen molar-refractivity contribution in [2.24, 2.45) is 0 Å². The molecule has 7 heteroatoms. The molecule has 2 N–H and O–H groups in total. The number of fused-ring (bicyclic) bond motifs is 1. The van der Waals surface area contributed by atoms with Gasteiger partial charge in [-0.1, -0.05) is 0 Å². The van der Waals surface area contributed by atoms with Gasteiger partial charge in [0.05, 0.1) is 11.7 Å². The quantitative estimate of drug-likeness (QED) is 0.733. The summed E-state index contributed by atoms with van der Waals surface area (Å²) in [6, 6.07) is 2.30. The lowest BCUT2D eigenvalue weighted by atomic mass is 10.3. The summed E-state index contributed by atoms with van der Waals surface area (Å²) in [5.41, 5.74) is 0. The van der Waals surface area contributed by atoms with Crippen molar-refractivity contribution in [3.63, 3.8) is 0 Å². The fraction of sp³-hybridized carbons (Fsp3) is 0.357. The van der Waals surface area contributed by atoms with Crippen molar-refractivity contribution in [2.45, 2.75) is 26.4 Å². The molecule has 0 saturated heterocycles. The standard InChI is InChI=1S/C14H18N6S/c1-3-16-14-18-12(11-4-7-21-13(11)19-14)17-10(2)8-20-6-5-15-9-20/h4-7,9-10H,3,8H2,1-2H3,(H2,16,17,18,19). The highest BCUT2D eigenvalue weighted by Crippen LogP contribution is 2.26. The van der Waals surface area contributed by atoms with Crippen molar-refractivity contribution < 1.29 is 0 Å². The number of rotatable bonds is 6. The zero-order valence-electron chi connectivity index (χ0n) is 12.1. The second kappa shape index (κ2) is 6.09. The fourth-order valence-corrected chi connectivity index (χ4v) is 2.96. The summed E-state index contributed by atoms with van der Waals surface area (Å²) < 4.78 is 2.05. The highest BCUT2D eigenvalue weighted by atomic mass is 32.1. The molecule has 3 aromatic rings. The number of thiophene rings is 1. The Labute approximate surface area is 127 Å². The number of anilines is 2. The molecular weight excluding hydrogens is 284 g/mol. The SMILES string of the molecule is CCNc1nc(NC(C)Cn2ccnc2)c2ccsc2n1. The summed E-state index contributed by atoms with van der Waals surface area (Å²) in [6.45, 7) is 5.82. The number of nitrogens with zero attached hydrogens (tertiary/aromatic N) is 4. The third-order valence-electron chi connectivity index (χ3n) is 3.09. The average Bonchev–Trinajstić information content (AvgIpc) is 3.09. The number of nitrogens with one attached hydrogen (secondary N) is 2. The second-order valence-electron chi connectivity index (χ2n) is 4.87. The van der Waals surface area contributed by atoms with Crippen LogP contribution < -0.4 is 10.6 Å². The van der Waals surface area contributed by atoms with Crippen LogP contribution in [0.2, 0.25) is 0 Å². The third-order valence-corrected chi connectivity index (χ3v) is 3.89. The first-order valence-electron chi connectivity index (χ1n) is 6.97. The minimum Gasteiger partial charge on any atom is -0.365 e. The molecule has 0 aliphatic rings. The number of hydrogen-bond donors (Lipinski definition) is 2. The van der Waals surface area contributed by atoms with E-state index in [1.54, 1.807) is 17.5 Å². The van der Waals surface area contributed by atoms with Crippen LogP contribution >= 0.6 is 11.3 Å². The van der Waals surface area contributed by atoms with Crippen LogP contribution in [0.5, 0.6) is 0 Å². The lowest BCUT2D eigenvalue weighted by Gasteiger charge is -2.16. The van der Waals surface area contributed by atoms with Crippen LogP contribution in [0.4, 0.5) is 11.8 Å². The van der Waals surface area contributed by atoms with Crippen LogP contribution in [0.3, 0.4) is 0 Å². The summed E-state index contributed by atoms with van der Waals surface area (Å²) in [4.78, 5) is 14.2. The van der Waals surface area contributed by atoms with Crippen LogP contribution in [0.15, 0.2) is 30.2 Å². The van der Waals surface area contributed by atoms with E-state index in [0.29, 0.717) is 5.95 Å². The summed E-state index contributed by atoms with van der Waals surface area (Å²) in [6.07, 6.45) is 5.57. The molecule has 6 nitrogen and oxygen atoms in total. The van der Waals surface area contributed by atoms with E-state index in [4.69, 9.17) is 0 Å². The molecule has 0 radical (unpaired) electrons. The lowest BCUT2D eigenvalue weighted by Crippen LogP contribution is -2.22. The zero-order chi connectivity index (χ0) is 14.7. The predicted octanol–water partition coefficient (Wildman–Crippen LogP) is 2.82. The van der Waals surface area contributed by atoms with E-state index in [0.717, 1.165) is 29.1 Å². The zero-order valence-corrected chi connectivity index (χ0v) is 12.9. The summed E-state index contributed by atoms with van der Waals surface area (Å²) >= 11 is 1.63. The molecule has 3 rings (SSSR count). The molecular formula is C14H18N6S. The van der Waals surface area contributed by atoms with Crippen LogP contribution in [-0.4, -0.2) is 32.1 Å². The van der Waals surface area contributed by atoms with Crippen molar-refractivity contribution in [3.8, 4) is 0 Å². The van der Waals surface area contributed by atoms with Crippen LogP contribution in [0.25, 0.3) is 10.2 Å². The molecule has 0 bridgehead atoms. The minimum atomic E-state index is 0.242. The summed E-state index contributed by atoms with van der Waals surface area (Å²) in [5.74, 6) is 1.55. The third kappa shape index (κ3) is 3.13. The molecule has 0 aliphatic carbocycles. The molecule has 1 atom stereocenters. The Hall–Kier alpha value is -2.15. The van der Waals surface area contributed by atoms with Gasteiger partial charge in [0.25, 0.3) is 0 Å². The fourth-order valence-electron chi connectivity index (χ4n) is 2.19. The second-order valence-corrected chi connectivity index (χ2v) is 5.77. The van der Waals surface area contributed by atoms with Gasteiger partial charge in [-0.05, 0) is 25.3 Å². The van der Waals surface area contributed by atoms with Crippen LogP contribution in [0.1, 0.15) is 13.8 Å². The normalized spacial score (nSPS) is 12.5. The van der Waals surface area contributed by atoms with Gasteiger partial charge in [-0.25, -0.2) is 9.97 Å². The largest absolute Gasteiger partial charge is 0.365 e. The van der Waals surface area contributed by atoms with Crippen molar-refractivity contribution in [2.75, 3.05) is 17.2 Å². The molecule has 0 fully saturated rings. The highest BCUT2D eigenvalue weighted by molar-refractivity contribution is 7.16. The van der Waals surface area contributed by atoms with Crippen LogP contribution in [-0.2, 0) is 6.54 Å². The van der Waals surface area contributed by atoms with Crippen LogP contribution in [0, 0.1) is 0 Å². The van der Waals surface area contributed by atoms with Gasteiger partial charge in [-0.15, -0.1) is 11.3 Å². The van der Waals surface area contributed by atoms with Crippen molar-refractivity contribution in [1.82, 2.24) is 19.5 Å². The Kier molecular flexibility index (Phi) is 4.01. The molecule has 3 heterocycles. The van der Waals surface area contributed by atoms with Gasteiger partial charge in [0, 0.05) is 31.5 Å². The number of aromatic nitrogens is 4. The van der Waals surface area contributed by atoms with E-state index in [1.807, 2.05) is 24.8 Å². The van der Waals surface area contributed by atoms with E-state index in [-0.39, 0.29) is 6.04 Å². The van der Waals surface area contributed by atoms with Gasteiger partial charge in [0.1, 0.15) is 10.6 Å². The maximum atomic E-state index is 4.58. The van der Waals surface area contributed by atoms with Gasteiger partial charge >= 0.3 is 0 Å².